The predicted molar refractivity (Wildman–Crippen MR) is 91.9 cm³/mol. The van der Waals surface area contributed by atoms with Gasteiger partial charge in [0.05, 0.1) is 6.61 Å². The Morgan fingerprint density at radius 3 is 3.17 bits per heavy atom. The molecule has 1 aromatic rings. The highest BCUT2D eigenvalue weighted by atomic mass is 16.7. The summed E-state index contributed by atoms with van der Waals surface area (Å²) >= 11 is 0. The summed E-state index contributed by atoms with van der Waals surface area (Å²) in [6.07, 6.45) is 4.73. The van der Waals surface area contributed by atoms with Gasteiger partial charge in [0.1, 0.15) is 0 Å². The Bertz CT molecular complexity index is 732. The molecule has 1 N–H and O–H groups in total. The lowest BCUT2D eigenvalue weighted by atomic mass is 9.55. The molecular weight excluding hydrogens is 300 g/mol. The number of para-hydroxylation sites is 1. The van der Waals surface area contributed by atoms with E-state index in [1.807, 2.05) is 0 Å². The molecule has 1 spiro atoms. The summed E-state index contributed by atoms with van der Waals surface area (Å²) in [6.45, 7) is 3.03. The number of piperidine rings is 1. The van der Waals surface area contributed by atoms with Crippen molar-refractivity contribution in [3.63, 3.8) is 0 Å². The fourth-order valence-corrected chi connectivity index (χ4v) is 6.65. The highest BCUT2D eigenvalue weighted by molar-refractivity contribution is 5.65. The Labute approximate surface area is 142 Å². The third-order valence-electron chi connectivity index (χ3n) is 7.48. The van der Waals surface area contributed by atoms with E-state index in [9.17, 15) is 0 Å². The van der Waals surface area contributed by atoms with E-state index in [1.165, 1.54) is 30.6 Å². The molecule has 5 aliphatic rings. The van der Waals surface area contributed by atoms with Gasteiger partial charge in [0.15, 0.2) is 6.29 Å². The maximum atomic E-state index is 6.13. The van der Waals surface area contributed by atoms with Crippen molar-refractivity contribution < 1.29 is 9.47 Å². The number of nitrogens with one attached hydrogen (secondary N) is 1. The van der Waals surface area contributed by atoms with E-state index in [-0.39, 0.29) is 11.7 Å². The lowest BCUT2D eigenvalue weighted by molar-refractivity contribution is -0.171. The molecule has 1 aliphatic carbocycles. The van der Waals surface area contributed by atoms with Crippen molar-refractivity contribution in [3.8, 4) is 0 Å². The first-order valence-electron chi connectivity index (χ1n) is 9.26. The lowest BCUT2D eigenvalue weighted by Gasteiger charge is -2.55. The number of ether oxygens (including phenoxy) is 2. The van der Waals surface area contributed by atoms with Gasteiger partial charge < -0.3 is 14.8 Å². The predicted octanol–water partition coefficient (Wildman–Crippen LogP) is 2.37. The van der Waals surface area contributed by atoms with Gasteiger partial charge in [0.25, 0.3) is 0 Å². The van der Waals surface area contributed by atoms with E-state index in [0.29, 0.717) is 30.5 Å². The van der Waals surface area contributed by atoms with Crippen molar-refractivity contribution in [2.45, 2.75) is 36.6 Å². The highest BCUT2D eigenvalue weighted by Gasteiger charge is 2.66. The van der Waals surface area contributed by atoms with Gasteiger partial charge in [-0.1, -0.05) is 29.8 Å². The number of hydrogen-bond acceptors (Lipinski definition) is 4. The Balaban J connectivity index is 1.58. The molecule has 3 fully saturated rings. The van der Waals surface area contributed by atoms with Crippen LogP contribution < -0.4 is 5.32 Å². The van der Waals surface area contributed by atoms with Crippen molar-refractivity contribution in [2.24, 2.45) is 11.8 Å². The zero-order valence-corrected chi connectivity index (χ0v) is 14.1. The average molecular weight is 324 g/mol. The Morgan fingerprint density at radius 2 is 2.25 bits per heavy atom. The summed E-state index contributed by atoms with van der Waals surface area (Å²) in [4.78, 5) is 2.74. The maximum Gasteiger partial charge on any atom is 0.162 e. The summed E-state index contributed by atoms with van der Waals surface area (Å²) in [5.41, 5.74) is 4.69. The molecule has 24 heavy (non-hydrogen) atoms. The third kappa shape index (κ3) is 1.47. The summed E-state index contributed by atoms with van der Waals surface area (Å²) in [5.74, 6) is 0.990. The standard InChI is InChI=1S/C20H24N2O2/c1-23-19-17-13-10-16-20(7-8-22(16)11-12(13)6-9-24-19)14-4-2-3-5-15(14)21-18(17)20/h2-6,13,16-19,21H,7-11H2,1H3. The number of methoxy groups -OCH3 is 1. The van der Waals surface area contributed by atoms with Crippen molar-refractivity contribution in [1.82, 2.24) is 4.90 Å². The first-order chi connectivity index (χ1) is 11.8. The molecule has 0 radical (unpaired) electrons. The van der Waals surface area contributed by atoms with E-state index in [1.54, 1.807) is 12.7 Å². The van der Waals surface area contributed by atoms with Crippen LogP contribution in [0.4, 0.5) is 5.69 Å². The lowest BCUT2D eigenvalue weighted by Crippen LogP contribution is -2.64. The molecule has 0 aromatic heterocycles. The topological polar surface area (TPSA) is 33.7 Å². The van der Waals surface area contributed by atoms with Crippen LogP contribution in [-0.2, 0) is 14.9 Å². The Hall–Kier alpha value is -1.36. The van der Waals surface area contributed by atoms with E-state index < -0.39 is 0 Å². The molecule has 2 bridgehead atoms. The van der Waals surface area contributed by atoms with Crippen LogP contribution in [0, 0.1) is 11.8 Å². The fourth-order valence-electron chi connectivity index (χ4n) is 6.65. The Kier molecular flexibility index (Phi) is 2.68. The van der Waals surface area contributed by atoms with Crippen molar-refractivity contribution in [2.75, 3.05) is 32.1 Å². The van der Waals surface area contributed by atoms with E-state index in [2.05, 4.69) is 40.6 Å². The van der Waals surface area contributed by atoms with Crippen LogP contribution in [-0.4, -0.2) is 50.1 Å². The van der Waals surface area contributed by atoms with Gasteiger partial charge in [-0.3, -0.25) is 4.90 Å². The van der Waals surface area contributed by atoms with E-state index >= 15 is 0 Å². The molecule has 4 heteroatoms. The van der Waals surface area contributed by atoms with Crippen LogP contribution >= 0.6 is 0 Å². The van der Waals surface area contributed by atoms with Gasteiger partial charge in [0.2, 0.25) is 0 Å². The van der Waals surface area contributed by atoms with Crippen LogP contribution in [0.2, 0.25) is 0 Å². The first-order valence-corrected chi connectivity index (χ1v) is 9.26. The number of fused-ring (bicyclic) bond motifs is 2. The van der Waals surface area contributed by atoms with Crippen LogP contribution in [0.15, 0.2) is 35.9 Å². The molecule has 4 aliphatic heterocycles. The van der Waals surface area contributed by atoms with Crippen molar-refractivity contribution in [1.29, 1.82) is 0 Å². The molecule has 6 atom stereocenters. The van der Waals surface area contributed by atoms with Crippen molar-refractivity contribution >= 4 is 5.69 Å². The van der Waals surface area contributed by atoms with E-state index in [4.69, 9.17) is 9.47 Å². The number of nitrogens with zero attached hydrogens (tertiary/aromatic N) is 1. The average Bonchev–Trinajstić information content (AvgIpc) is 3.09. The number of rotatable bonds is 1. The van der Waals surface area contributed by atoms with Crippen LogP contribution in [0.3, 0.4) is 0 Å². The molecule has 1 aromatic carbocycles. The van der Waals surface area contributed by atoms with Crippen molar-refractivity contribution in [3.05, 3.63) is 41.5 Å². The SMILES string of the molecule is COC1OCC=C2CN3CCC45c6ccccc6NC4C1C2CC35. The third-order valence-corrected chi connectivity index (χ3v) is 7.48. The molecular formula is C20H24N2O2. The first kappa shape index (κ1) is 13.9. The van der Waals surface area contributed by atoms with E-state index in [0.717, 1.165) is 6.54 Å². The van der Waals surface area contributed by atoms with Gasteiger partial charge in [-0.15, -0.1) is 0 Å². The quantitative estimate of drug-likeness (QED) is 0.804. The molecule has 6 unspecified atom stereocenters. The molecule has 2 saturated heterocycles. The number of anilines is 1. The molecule has 126 valence electrons. The fraction of sp³-hybridized carbons (Fsp3) is 0.600. The molecule has 1 saturated carbocycles. The minimum absolute atomic E-state index is 0.111. The molecule has 4 heterocycles. The minimum atomic E-state index is -0.111. The summed E-state index contributed by atoms with van der Waals surface area (Å²) in [5, 5.41) is 3.92. The second-order valence-electron chi connectivity index (χ2n) is 8.08. The zero-order valence-electron chi connectivity index (χ0n) is 14.1. The van der Waals surface area contributed by atoms with Crippen LogP contribution in [0.1, 0.15) is 18.4 Å². The maximum absolute atomic E-state index is 6.13. The summed E-state index contributed by atoms with van der Waals surface area (Å²) < 4.78 is 12.0. The van der Waals surface area contributed by atoms with Gasteiger partial charge >= 0.3 is 0 Å². The van der Waals surface area contributed by atoms with Gasteiger partial charge in [0, 0.05) is 42.8 Å². The normalized spacial score (nSPS) is 45.0. The van der Waals surface area contributed by atoms with Gasteiger partial charge in [-0.25, -0.2) is 0 Å². The zero-order chi connectivity index (χ0) is 15.9. The minimum Gasteiger partial charge on any atom is -0.381 e. The molecule has 4 nitrogen and oxygen atoms in total. The monoisotopic (exact) mass is 324 g/mol. The van der Waals surface area contributed by atoms with Crippen LogP contribution in [0.25, 0.3) is 0 Å². The van der Waals surface area contributed by atoms with Gasteiger partial charge in [-0.05, 0) is 36.9 Å². The largest absolute Gasteiger partial charge is 0.381 e. The summed E-state index contributed by atoms with van der Waals surface area (Å²) in [7, 11) is 1.81. The smallest absolute Gasteiger partial charge is 0.162 e. The second kappa shape index (κ2) is 4.63. The summed E-state index contributed by atoms with van der Waals surface area (Å²) in [6, 6.07) is 10.0. The molecule has 0 amide bonds. The second-order valence-corrected chi connectivity index (χ2v) is 8.08. The Morgan fingerprint density at radius 1 is 1.33 bits per heavy atom. The number of benzene rings is 1. The number of hydrogen-bond donors (Lipinski definition) is 1. The van der Waals surface area contributed by atoms with Crippen LogP contribution in [0.5, 0.6) is 0 Å². The van der Waals surface area contributed by atoms with Gasteiger partial charge in [-0.2, -0.15) is 0 Å². The molecule has 6 rings (SSSR count). The highest BCUT2D eigenvalue weighted by Crippen LogP contribution is 2.62.